The third kappa shape index (κ3) is 3.35. The van der Waals surface area contributed by atoms with E-state index in [-0.39, 0.29) is 0 Å². The van der Waals surface area contributed by atoms with Crippen molar-refractivity contribution in [3.05, 3.63) is 0 Å². The average Bonchev–Trinajstić information content (AvgIpc) is 2.08. The highest BCUT2D eigenvalue weighted by atomic mass is 16.4. The molecule has 0 aromatic rings. The van der Waals surface area contributed by atoms with Crippen LogP contribution in [0.2, 0.25) is 0 Å². The van der Waals surface area contributed by atoms with Crippen molar-refractivity contribution >= 4 is 5.97 Å². The van der Waals surface area contributed by atoms with Crippen LogP contribution in [0.15, 0.2) is 0 Å². The normalized spacial score (nSPS) is 31.2. The molecule has 1 saturated carbocycles. The fourth-order valence-electron chi connectivity index (χ4n) is 1.85. The minimum atomic E-state index is -0.751. The van der Waals surface area contributed by atoms with Gasteiger partial charge in [0.1, 0.15) is 6.04 Å². The molecule has 0 aromatic heterocycles. The van der Waals surface area contributed by atoms with E-state index in [0.717, 1.165) is 18.8 Å². The second kappa shape index (κ2) is 4.61. The van der Waals surface area contributed by atoms with Crippen LogP contribution < -0.4 is 5.32 Å². The summed E-state index contributed by atoms with van der Waals surface area (Å²) < 4.78 is 0. The molecule has 76 valence electrons. The topological polar surface area (TPSA) is 49.3 Å². The zero-order chi connectivity index (χ0) is 9.84. The number of carboxylic acids is 1. The zero-order valence-corrected chi connectivity index (χ0v) is 8.42. The third-order valence-corrected chi connectivity index (χ3v) is 2.87. The summed E-state index contributed by atoms with van der Waals surface area (Å²) in [6.07, 6.45) is 4.70. The van der Waals surface area contributed by atoms with E-state index in [1.165, 1.54) is 12.8 Å². The highest BCUT2D eigenvalue weighted by molar-refractivity contribution is 5.72. The molecule has 1 aliphatic carbocycles. The Balaban J connectivity index is 2.26. The Bertz CT molecular complexity index is 174. The van der Waals surface area contributed by atoms with Gasteiger partial charge in [-0.3, -0.25) is 4.79 Å². The van der Waals surface area contributed by atoms with Crippen molar-refractivity contribution in [2.75, 3.05) is 0 Å². The molecule has 0 radical (unpaired) electrons. The van der Waals surface area contributed by atoms with E-state index in [1.807, 2.05) is 0 Å². The van der Waals surface area contributed by atoms with Crippen molar-refractivity contribution in [2.45, 2.75) is 51.6 Å². The summed E-state index contributed by atoms with van der Waals surface area (Å²) in [5, 5.41) is 11.8. The van der Waals surface area contributed by atoms with Gasteiger partial charge in [0, 0.05) is 6.04 Å². The Kier molecular flexibility index (Phi) is 3.72. The number of rotatable bonds is 3. The predicted octanol–water partition coefficient (Wildman–Crippen LogP) is 1.63. The fourth-order valence-corrected chi connectivity index (χ4v) is 1.85. The van der Waals surface area contributed by atoms with Crippen LogP contribution >= 0.6 is 0 Å². The molecule has 0 heterocycles. The van der Waals surface area contributed by atoms with Gasteiger partial charge in [-0.25, -0.2) is 0 Å². The van der Waals surface area contributed by atoms with E-state index >= 15 is 0 Å². The predicted molar refractivity (Wildman–Crippen MR) is 51.7 cm³/mol. The first-order valence-corrected chi connectivity index (χ1v) is 5.08. The van der Waals surface area contributed by atoms with Crippen molar-refractivity contribution in [3.63, 3.8) is 0 Å². The zero-order valence-electron chi connectivity index (χ0n) is 8.42. The van der Waals surface area contributed by atoms with Gasteiger partial charge in [0.25, 0.3) is 0 Å². The molecule has 1 aliphatic rings. The van der Waals surface area contributed by atoms with Gasteiger partial charge in [0.2, 0.25) is 0 Å². The first-order chi connectivity index (χ1) is 6.09. The molecule has 0 aromatic carbocycles. The van der Waals surface area contributed by atoms with Gasteiger partial charge in [-0.05, 0) is 38.5 Å². The lowest BCUT2D eigenvalue weighted by molar-refractivity contribution is -0.139. The standard InChI is InChI=1S/C10H19NO2/c1-7-3-5-9(6-4-7)11-8(2)10(12)13/h7-9,11H,3-6H2,1-2H3,(H,12,13). The largest absolute Gasteiger partial charge is 0.480 e. The van der Waals surface area contributed by atoms with Crippen molar-refractivity contribution in [1.29, 1.82) is 0 Å². The highest BCUT2D eigenvalue weighted by Gasteiger charge is 2.21. The SMILES string of the molecule is CC1CCC(NC(C)C(=O)O)CC1. The van der Waals surface area contributed by atoms with Gasteiger partial charge < -0.3 is 10.4 Å². The molecule has 0 saturated heterocycles. The van der Waals surface area contributed by atoms with Crippen molar-refractivity contribution in [2.24, 2.45) is 5.92 Å². The minimum absolute atomic E-state index is 0.404. The van der Waals surface area contributed by atoms with Crippen molar-refractivity contribution in [1.82, 2.24) is 5.32 Å². The number of hydrogen-bond donors (Lipinski definition) is 2. The second-order valence-electron chi connectivity index (χ2n) is 4.18. The van der Waals surface area contributed by atoms with Crippen LogP contribution in [0, 0.1) is 5.92 Å². The molecule has 0 amide bonds. The molecule has 0 bridgehead atoms. The molecule has 3 heteroatoms. The maximum atomic E-state index is 10.6. The summed E-state index contributed by atoms with van der Waals surface area (Å²) >= 11 is 0. The molecule has 0 spiro atoms. The van der Waals surface area contributed by atoms with Crippen molar-refractivity contribution in [3.8, 4) is 0 Å². The molecular formula is C10H19NO2. The van der Waals surface area contributed by atoms with E-state index in [4.69, 9.17) is 5.11 Å². The van der Waals surface area contributed by atoms with Gasteiger partial charge in [0.15, 0.2) is 0 Å². The van der Waals surface area contributed by atoms with E-state index < -0.39 is 12.0 Å². The minimum Gasteiger partial charge on any atom is -0.480 e. The Morgan fingerprint density at radius 2 is 1.92 bits per heavy atom. The molecular weight excluding hydrogens is 166 g/mol. The third-order valence-electron chi connectivity index (χ3n) is 2.87. The van der Waals surface area contributed by atoms with Crippen LogP contribution in [0.4, 0.5) is 0 Å². The fraction of sp³-hybridized carbons (Fsp3) is 0.900. The molecule has 1 unspecified atom stereocenters. The summed E-state index contributed by atoms with van der Waals surface area (Å²) in [4.78, 5) is 10.6. The van der Waals surface area contributed by atoms with Crippen LogP contribution in [-0.2, 0) is 4.79 Å². The Labute approximate surface area is 79.5 Å². The Hall–Kier alpha value is -0.570. The number of nitrogens with one attached hydrogen (secondary N) is 1. The van der Waals surface area contributed by atoms with E-state index in [9.17, 15) is 4.79 Å². The first-order valence-electron chi connectivity index (χ1n) is 5.08. The number of hydrogen-bond acceptors (Lipinski definition) is 2. The maximum Gasteiger partial charge on any atom is 0.320 e. The molecule has 2 N–H and O–H groups in total. The van der Waals surface area contributed by atoms with Crippen LogP contribution in [-0.4, -0.2) is 23.2 Å². The average molecular weight is 185 g/mol. The van der Waals surface area contributed by atoms with Gasteiger partial charge in [0.05, 0.1) is 0 Å². The Morgan fingerprint density at radius 3 is 2.38 bits per heavy atom. The van der Waals surface area contributed by atoms with E-state index in [0.29, 0.717) is 6.04 Å². The van der Waals surface area contributed by atoms with Crippen LogP contribution in [0.1, 0.15) is 39.5 Å². The summed E-state index contributed by atoms with van der Waals surface area (Å²) in [6.45, 7) is 3.97. The van der Waals surface area contributed by atoms with Crippen LogP contribution in [0.3, 0.4) is 0 Å². The van der Waals surface area contributed by atoms with E-state index in [2.05, 4.69) is 12.2 Å². The molecule has 13 heavy (non-hydrogen) atoms. The lowest BCUT2D eigenvalue weighted by atomic mass is 9.87. The Morgan fingerprint density at radius 1 is 1.38 bits per heavy atom. The number of carbonyl (C=O) groups is 1. The van der Waals surface area contributed by atoms with Crippen LogP contribution in [0.25, 0.3) is 0 Å². The van der Waals surface area contributed by atoms with E-state index in [1.54, 1.807) is 6.92 Å². The van der Waals surface area contributed by atoms with Gasteiger partial charge in [-0.15, -0.1) is 0 Å². The number of carboxylic acid groups (broad SMARTS) is 1. The first kappa shape index (κ1) is 10.5. The van der Waals surface area contributed by atoms with Gasteiger partial charge >= 0.3 is 5.97 Å². The van der Waals surface area contributed by atoms with Gasteiger partial charge in [-0.1, -0.05) is 6.92 Å². The lowest BCUT2D eigenvalue weighted by Crippen LogP contribution is -2.42. The summed E-state index contributed by atoms with van der Waals surface area (Å²) in [7, 11) is 0. The lowest BCUT2D eigenvalue weighted by Gasteiger charge is -2.28. The maximum absolute atomic E-state index is 10.6. The molecule has 1 atom stereocenters. The van der Waals surface area contributed by atoms with Crippen LogP contribution in [0.5, 0.6) is 0 Å². The second-order valence-corrected chi connectivity index (χ2v) is 4.18. The smallest absolute Gasteiger partial charge is 0.320 e. The molecule has 3 nitrogen and oxygen atoms in total. The summed E-state index contributed by atoms with van der Waals surface area (Å²) in [5.74, 6) is 0.0665. The quantitative estimate of drug-likeness (QED) is 0.702. The molecule has 1 rings (SSSR count). The van der Waals surface area contributed by atoms with Gasteiger partial charge in [-0.2, -0.15) is 0 Å². The number of aliphatic carboxylic acids is 1. The molecule has 0 aliphatic heterocycles. The monoisotopic (exact) mass is 185 g/mol. The van der Waals surface area contributed by atoms with Crippen molar-refractivity contribution < 1.29 is 9.90 Å². The summed E-state index contributed by atoms with van der Waals surface area (Å²) in [6, 6.07) is 0.0145. The molecule has 1 fully saturated rings. The summed E-state index contributed by atoms with van der Waals surface area (Å²) in [5.41, 5.74) is 0. The highest BCUT2D eigenvalue weighted by Crippen LogP contribution is 2.23.